The van der Waals surface area contributed by atoms with Gasteiger partial charge in [0.15, 0.2) is 0 Å². The van der Waals surface area contributed by atoms with Crippen LogP contribution >= 0.6 is 0 Å². The average Bonchev–Trinajstić information content (AvgIpc) is 2.88. The van der Waals surface area contributed by atoms with Gasteiger partial charge in [-0.05, 0) is 67.4 Å². The maximum Gasteiger partial charge on any atom is 0.137 e. The minimum absolute atomic E-state index is 0.214. The van der Waals surface area contributed by atoms with E-state index in [1.54, 1.807) is 25.5 Å². The Morgan fingerprint density at radius 2 is 1.85 bits per heavy atom. The molecule has 1 saturated heterocycles. The molecule has 1 aliphatic heterocycles. The van der Waals surface area contributed by atoms with Gasteiger partial charge in [-0.3, -0.25) is 9.88 Å². The molecule has 7 heteroatoms. The van der Waals surface area contributed by atoms with Gasteiger partial charge in [-0.15, -0.1) is 0 Å². The standard InChI is InChI=1S/C27H28FN5O/c1-19-16-21(5-7-24(19)28)26-22(4-2-9-29-26)20-6-8-25-23(17-20)27(32-18-31-25)30-10-3-11-33-12-14-34-15-13-33/h2,4-9,16-18H,3,10-15H2,1H3,(H,30,31,32). The molecule has 34 heavy (non-hydrogen) atoms. The van der Waals surface area contributed by atoms with Crippen LogP contribution in [0.3, 0.4) is 0 Å². The van der Waals surface area contributed by atoms with E-state index in [2.05, 4.69) is 37.3 Å². The zero-order chi connectivity index (χ0) is 23.3. The SMILES string of the molecule is Cc1cc(-c2ncccc2-c2ccc3ncnc(NCCCN4CCOCC4)c3c2)ccc1F. The van der Waals surface area contributed by atoms with E-state index in [9.17, 15) is 4.39 Å². The van der Waals surface area contributed by atoms with Crippen molar-refractivity contribution in [2.24, 2.45) is 0 Å². The molecule has 6 nitrogen and oxygen atoms in total. The fraction of sp³-hybridized carbons (Fsp3) is 0.296. The van der Waals surface area contributed by atoms with Crippen molar-refractivity contribution in [3.8, 4) is 22.4 Å². The first-order chi connectivity index (χ1) is 16.7. The molecule has 0 unspecified atom stereocenters. The minimum atomic E-state index is -0.214. The molecule has 174 valence electrons. The number of nitrogens with zero attached hydrogens (tertiary/aromatic N) is 4. The number of nitrogens with one attached hydrogen (secondary N) is 1. The maximum absolute atomic E-state index is 13.8. The van der Waals surface area contributed by atoms with E-state index in [1.165, 1.54) is 6.07 Å². The van der Waals surface area contributed by atoms with Gasteiger partial charge in [0.25, 0.3) is 0 Å². The Balaban J connectivity index is 1.40. The van der Waals surface area contributed by atoms with Crippen molar-refractivity contribution in [2.45, 2.75) is 13.3 Å². The predicted molar refractivity (Wildman–Crippen MR) is 133 cm³/mol. The highest BCUT2D eigenvalue weighted by atomic mass is 19.1. The van der Waals surface area contributed by atoms with Gasteiger partial charge in [0.1, 0.15) is 18.0 Å². The number of halogens is 1. The van der Waals surface area contributed by atoms with Crippen molar-refractivity contribution in [3.63, 3.8) is 0 Å². The number of fused-ring (bicyclic) bond motifs is 1. The Hall–Kier alpha value is -3.42. The molecule has 2 aromatic heterocycles. The van der Waals surface area contributed by atoms with E-state index in [0.29, 0.717) is 5.56 Å². The number of benzene rings is 2. The summed E-state index contributed by atoms with van der Waals surface area (Å²) in [7, 11) is 0. The number of ether oxygens (including phenoxy) is 1. The van der Waals surface area contributed by atoms with Crippen LogP contribution in [0, 0.1) is 12.7 Å². The largest absolute Gasteiger partial charge is 0.379 e. The number of aromatic nitrogens is 3. The number of morpholine rings is 1. The first kappa shape index (κ1) is 22.4. The third-order valence-electron chi connectivity index (χ3n) is 6.23. The van der Waals surface area contributed by atoms with Gasteiger partial charge in [-0.25, -0.2) is 14.4 Å². The molecular formula is C27H28FN5O. The number of anilines is 1. The molecule has 2 aromatic carbocycles. The predicted octanol–water partition coefficient (Wildman–Crippen LogP) is 4.94. The average molecular weight is 458 g/mol. The van der Waals surface area contributed by atoms with Crippen LogP contribution in [0.5, 0.6) is 0 Å². The summed E-state index contributed by atoms with van der Waals surface area (Å²) in [4.78, 5) is 16.0. The molecule has 4 aromatic rings. The zero-order valence-electron chi connectivity index (χ0n) is 19.3. The normalized spacial score (nSPS) is 14.4. The Kier molecular flexibility index (Phi) is 6.74. The van der Waals surface area contributed by atoms with E-state index in [0.717, 1.165) is 84.9 Å². The smallest absolute Gasteiger partial charge is 0.137 e. The summed E-state index contributed by atoms with van der Waals surface area (Å²) in [5.41, 5.74) is 5.20. The van der Waals surface area contributed by atoms with Crippen molar-refractivity contribution < 1.29 is 9.13 Å². The molecule has 3 heterocycles. The highest BCUT2D eigenvalue weighted by Gasteiger charge is 2.13. The summed E-state index contributed by atoms with van der Waals surface area (Å²) in [5.74, 6) is 0.616. The maximum atomic E-state index is 13.8. The molecule has 0 radical (unpaired) electrons. The van der Waals surface area contributed by atoms with Crippen LogP contribution in [0.25, 0.3) is 33.3 Å². The lowest BCUT2D eigenvalue weighted by Crippen LogP contribution is -2.37. The van der Waals surface area contributed by atoms with E-state index in [4.69, 9.17) is 4.74 Å². The van der Waals surface area contributed by atoms with Gasteiger partial charge in [0.05, 0.1) is 24.4 Å². The second-order valence-electron chi connectivity index (χ2n) is 8.55. The topological polar surface area (TPSA) is 63.2 Å². The summed E-state index contributed by atoms with van der Waals surface area (Å²) in [6.45, 7) is 7.29. The molecule has 0 amide bonds. The van der Waals surface area contributed by atoms with Crippen molar-refractivity contribution in [3.05, 3.63) is 72.4 Å². The first-order valence-electron chi connectivity index (χ1n) is 11.7. The van der Waals surface area contributed by atoms with Crippen LogP contribution in [0.15, 0.2) is 61.1 Å². The van der Waals surface area contributed by atoms with E-state index < -0.39 is 0 Å². The Bertz CT molecular complexity index is 1290. The van der Waals surface area contributed by atoms with Gasteiger partial charge in [-0.1, -0.05) is 12.1 Å². The van der Waals surface area contributed by atoms with Crippen molar-refractivity contribution >= 4 is 16.7 Å². The molecule has 0 saturated carbocycles. The van der Waals surface area contributed by atoms with Crippen molar-refractivity contribution in [1.29, 1.82) is 0 Å². The second-order valence-corrected chi connectivity index (χ2v) is 8.55. The van der Waals surface area contributed by atoms with Crippen molar-refractivity contribution in [2.75, 3.05) is 44.7 Å². The molecule has 0 spiro atoms. The van der Waals surface area contributed by atoms with Gasteiger partial charge in [0, 0.05) is 42.3 Å². The lowest BCUT2D eigenvalue weighted by Gasteiger charge is -2.26. The van der Waals surface area contributed by atoms with Crippen LogP contribution < -0.4 is 5.32 Å². The fourth-order valence-electron chi connectivity index (χ4n) is 4.36. The van der Waals surface area contributed by atoms with Crippen LogP contribution in [-0.2, 0) is 4.74 Å². The molecular weight excluding hydrogens is 429 g/mol. The van der Waals surface area contributed by atoms with E-state index >= 15 is 0 Å². The van der Waals surface area contributed by atoms with E-state index in [-0.39, 0.29) is 5.82 Å². The number of hydrogen-bond donors (Lipinski definition) is 1. The number of hydrogen-bond acceptors (Lipinski definition) is 6. The molecule has 1 N–H and O–H groups in total. The summed E-state index contributed by atoms with van der Waals surface area (Å²) >= 11 is 0. The number of aryl methyl sites for hydroxylation is 1. The van der Waals surface area contributed by atoms with Gasteiger partial charge < -0.3 is 10.1 Å². The zero-order valence-corrected chi connectivity index (χ0v) is 19.3. The third kappa shape index (κ3) is 4.90. The number of rotatable bonds is 7. The highest BCUT2D eigenvalue weighted by Crippen LogP contribution is 2.33. The van der Waals surface area contributed by atoms with Gasteiger partial charge in [0.2, 0.25) is 0 Å². The summed E-state index contributed by atoms with van der Waals surface area (Å²) in [6, 6.07) is 15.2. The van der Waals surface area contributed by atoms with Crippen molar-refractivity contribution in [1.82, 2.24) is 19.9 Å². The van der Waals surface area contributed by atoms with Crippen LogP contribution in [0.1, 0.15) is 12.0 Å². The molecule has 0 bridgehead atoms. The Morgan fingerprint density at radius 1 is 1.00 bits per heavy atom. The lowest BCUT2D eigenvalue weighted by atomic mass is 9.97. The summed E-state index contributed by atoms with van der Waals surface area (Å²) < 4.78 is 19.3. The van der Waals surface area contributed by atoms with Crippen LogP contribution in [0.4, 0.5) is 10.2 Å². The van der Waals surface area contributed by atoms with Crippen LogP contribution in [0.2, 0.25) is 0 Å². The molecule has 0 atom stereocenters. The van der Waals surface area contributed by atoms with Gasteiger partial charge in [-0.2, -0.15) is 0 Å². The number of pyridine rings is 1. The molecule has 1 fully saturated rings. The van der Waals surface area contributed by atoms with Crippen LogP contribution in [-0.4, -0.2) is 59.2 Å². The summed E-state index contributed by atoms with van der Waals surface area (Å²) in [6.07, 6.45) is 4.40. The fourth-order valence-corrected chi connectivity index (χ4v) is 4.36. The lowest BCUT2D eigenvalue weighted by molar-refractivity contribution is 0.0378. The highest BCUT2D eigenvalue weighted by molar-refractivity contribution is 5.94. The minimum Gasteiger partial charge on any atom is -0.379 e. The van der Waals surface area contributed by atoms with Gasteiger partial charge >= 0.3 is 0 Å². The summed E-state index contributed by atoms with van der Waals surface area (Å²) in [5, 5.41) is 4.47. The second kappa shape index (κ2) is 10.2. The molecule has 0 aliphatic carbocycles. The third-order valence-corrected chi connectivity index (χ3v) is 6.23. The Labute approximate surface area is 198 Å². The first-order valence-corrected chi connectivity index (χ1v) is 11.7. The molecule has 5 rings (SSSR count). The monoisotopic (exact) mass is 457 g/mol. The molecule has 1 aliphatic rings. The Morgan fingerprint density at radius 3 is 2.71 bits per heavy atom. The quantitative estimate of drug-likeness (QED) is 0.397. The van der Waals surface area contributed by atoms with E-state index in [1.807, 2.05) is 24.3 Å².